The monoisotopic (exact) mass is 280 g/mol. The van der Waals surface area contributed by atoms with Gasteiger partial charge >= 0.3 is 0 Å². The van der Waals surface area contributed by atoms with E-state index >= 15 is 0 Å². The van der Waals surface area contributed by atoms with E-state index in [2.05, 4.69) is 48.7 Å². The van der Waals surface area contributed by atoms with Crippen molar-refractivity contribution in [1.82, 2.24) is 4.98 Å². The van der Waals surface area contributed by atoms with Gasteiger partial charge in [-0.1, -0.05) is 42.5 Å². The lowest BCUT2D eigenvalue weighted by Gasteiger charge is -2.02. The van der Waals surface area contributed by atoms with Gasteiger partial charge in [-0.25, -0.2) is 4.98 Å². The highest BCUT2D eigenvalue weighted by atomic mass is 32.1. The summed E-state index contributed by atoms with van der Waals surface area (Å²) in [6, 6.07) is 16.6. The number of thiazole rings is 1. The Morgan fingerprint density at radius 2 is 1.95 bits per heavy atom. The van der Waals surface area contributed by atoms with Gasteiger partial charge in [-0.3, -0.25) is 0 Å². The summed E-state index contributed by atoms with van der Waals surface area (Å²) >= 11 is 1.67. The molecule has 3 aromatic rings. The van der Waals surface area contributed by atoms with E-state index in [0.717, 1.165) is 21.8 Å². The second kappa shape index (κ2) is 5.57. The summed E-state index contributed by atoms with van der Waals surface area (Å²) < 4.78 is 0. The summed E-state index contributed by atoms with van der Waals surface area (Å²) in [5.41, 5.74) is 11.5. The van der Waals surface area contributed by atoms with E-state index in [9.17, 15) is 0 Å². The number of hydrogen-bond acceptors (Lipinski definition) is 3. The zero-order valence-electron chi connectivity index (χ0n) is 11.3. The highest BCUT2D eigenvalue weighted by Gasteiger charge is 2.08. The summed E-state index contributed by atoms with van der Waals surface area (Å²) in [4.78, 5) is 4.76. The van der Waals surface area contributed by atoms with E-state index in [1.54, 1.807) is 11.3 Å². The molecule has 1 aromatic heterocycles. The van der Waals surface area contributed by atoms with Gasteiger partial charge in [0, 0.05) is 23.1 Å². The quantitative estimate of drug-likeness (QED) is 0.779. The first kappa shape index (κ1) is 13.0. The number of nitrogens with zero attached hydrogens (tertiary/aromatic N) is 1. The molecule has 20 heavy (non-hydrogen) atoms. The molecular formula is C17H16N2S. The maximum Gasteiger partial charge on any atom is 0.124 e. The molecule has 0 radical (unpaired) electrons. The van der Waals surface area contributed by atoms with Crippen molar-refractivity contribution in [2.24, 2.45) is 5.73 Å². The highest BCUT2D eigenvalue weighted by Crippen LogP contribution is 2.30. The molecule has 0 saturated carbocycles. The van der Waals surface area contributed by atoms with Crippen LogP contribution in [0.4, 0.5) is 0 Å². The normalized spacial score (nSPS) is 10.7. The van der Waals surface area contributed by atoms with Crippen molar-refractivity contribution in [3.8, 4) is 21.8 Å². The van der Waals surface area contributed by atoms with Crippen molar-refractivity contribution >= 4 is 11.3 Å². The second-order valence-corrected chi connectivity index (χ2v) is 5.62. The van der Waals surface area contributed by atoms with Crippen LogP contribution in [0.2, 0.25) is 0 Å². The minimum absolute atomic E-state index is 0.559. The van der Waals surface area contributed by atoms with Crippen molar-refractivity contribution in [1.29, 1.82) is 0 Å². The SMILES string of the molecule is Cc1ccccc1-c1csc(-c2cccc(CN)c2)n1. The van der Waals surface area contributed by atoms with Gasteiger partial charge in [-0.2, -0.15) is 0 Å². The smallest absolute Gasteiger partial charge is 0.124 e. The number of aromatic nitrogens is 1. The molecule has 2 N–H and O–H groups in total. The Morgan fingerprint density at radius 1 is 1.10 bits per heavy atom. The van der Waals surface area contributed by atoms with Crippen LogP contribution in [0.3, 0.4) is 0 Å². The lowest BCUT2D eigenvalue weighted by atomic mass is 10.1. The third kappa shape index (κ3) is 2.50. The first-order valence-electron chi connectivity index (χ1n) is 6.59. The van der Waals surface area contributed by atoms with Crippen LogP contribution < -0.4 is 5.73 Å². The lowest BCUT2D eigenvalue weighted by molar-refractivity contribution is 1.07. The summed E-state index contributed by atoms with van der Waals surface area (Å²) in [7, 11) is 0. The van der Waals surface area contributed by atoms with E-state index < -0.39 is 0 Å². The third-order valence-corrected chi connectivity index (χ3v) is 4.23. The number of nitrogens with two attached hydrogens (primary N) is 1. The van der Waals surface area contributed by atoms with Crippen molar-refractivity contribution < 1.29 is 0 Å². The molecule has 100 valence electrons. The Bertz CT molecular complexity index is 731. The predicted molar refractivity (Wildman–Crippen MR) is 85.6 cm³/mol. The van der Waals surface area contributed by atoms with Crippen LogP contribution in [0.5, 0.6) is 0 Å². The molecular weight excluding hydrogens is 264 g/mol. The molecule has 0 amide bonds. The van der Waals surface area contributed by atoms with Crippen LogP contribution in [-0.2, 0) is 6.54 Å². The number of benzene rings is 2. The standard InChI is InChI=1S/C17H16N2S/c1-12-5-2-3-8-15(12)16-11-20-17(19-16)14-7-4-6-13(9-14)10-18/h2-9,11H,10,18H2,1H3. The van der Waals surface area contributed by atoms with Crippen LogP contribution >= 0.6 is 11.3 Å². The van der Waals surface area contributed by atoms with Gasteiger partial charge in [-0.15, -0.1) is 11.3 Å². The fourth-order valence-electron chi connectivity index (χ4n) is 2.22. The zero-order chi connectivity index (χ0) is 13.9. The third-order valence-electron chi connectivity index (χ3n) is 3.33. The van der Waals surface area contributed by atoms with Crippen LogP contribution in [0.25, 0.3) is 21.8 Å². The van der Waals surface area contributed by atoms with Crippen molar-refractivity contribution in [3.63, 3.8) is 0 Å². The Balaban J connectivity index is 2.00. The fraction of sp³-hybridized carbons (Fsp3) is 0.118. The minimum atomic E-state index is 0.559. The lowest BCUT2D eigenvalue weighted by Crippen LogP contribution is -1.95. The average Bonchev–Trinajstić information content (AvgIpc) is 2.97. The number of hydrogen-bond donors (Lipinski definition) is 1. The zero-order valence-corrected chi connectivity index (χ0v) is 12.2. The second-order valence-electron chi connectivity index (χ2n) is 4.76. The first-order chi connectivity index (χ1) is 9.78. The average molecular weight is 280 g/mol. The van der Waals surface area contributed by atoms with Crippen molar-refractivity contribution in [3.05, 3.63) is 65.0 Å². The van der Waals surface area contributed by atoms with Gasteiger partial charge in [-0.05, 0) is 24.1 Å². The van der Waals surface area contributed by atoms with Crippen LogP contribution in [-0.4, -0.2) is 4.98 Å². The Morgan fingerprint density at radius 3 is 2.75 bits per heavy atom. The summed E-state index contributed by atoms with van der Waals surface area (Å²) in [6.45, 7) is 2.67. The molecule has 0 aliphatic heterocycles. The number of rotatable bonds is 3. The maximum absolute atomic E-state index is 5.70. The number of aryl methyl sites for hydroxylation is 1. The molecule has 0 bridgehead atoms. The molecule has 1 heterocycles. The Kier molecular flexibility index (Phi) is 3.63. The van der Waals surface area contributed by atoms with Gasteiger partial charge in [0.1, 0.15) is 5.01 Å². The summed E-state index contributed by atoms with van der Waals surface area (Å²) in [5.74, 6) is 0. The van der Waals surface area contributed by atoms with Crippen LogP contribution in [0.15, 0.2) is 53.9 Å². The fourth-order valence-corrected chi connectivity index (χ4v) is 3.04. The van der Waals surface area contributed by atoms with Crippen LogP contribution in [0.1, 0.15) is 11.1 Å². The van der Waals surface area contributed by atoms with Crippen molar-refractivity contribution in [2.75, 3.05) is 0 Å². The van der Waals surface area contributed by atoms with Gasteiger partial charge in [0.05, 0.1) is 5.69 Å². The van der Waals surface area contributed by atoms with E-state index in [4.69, 9.17) is 10.7 Å². The molecule has 0 fully saturated rings. The van der Waals surface area contributed by atoms with Gasteiger partial charge in [0.2, 0.25) is 0 Å². The van der Waals surface area contributed by atoms with E-state index in [-0.39, 0.29) is 0 Å². The van der Waals surface area contributed by atoms with E-state index in [0.29, 0.717) is 6.54 Å². The summed E-state index contributed by atoms with van der Waals surface area (Å²) in [6.07, 6.45) is 0. The molecule has 0 spiro atoms. The van der Waals surface area contributed by atoms with Gasteiger partial charge in [0.15, 0.2) is 0 Å². The van der Waals surface area contributed by atoms with Gasteiger partial charge in [0.25, 0.3) is 0 Å². The molecule has 2 nitrogen and oxygen atoms in total. The minimum Gasteiger partial charge on any atom is -0.326 e. The Hall–Kier alpha value is -1.97. The van der Waals surface area contributed by atoms with Crippen LogP contribution in [0, 0.1) is 6.92 Å². The highest BCUT2D eigenvalue weighted by molar-refractivity contribution is 7.13. The van der Waals surface area contributed by atoms with E-state index in [1.807, 2.05) is 12.1 Å². The molecule has 0 aliphatic rings. The van der Waals surface area contributed by atoms with Gasteiger partial charge < -0.3 is 5.73 Å². The first-order valence-corrected chi connectivity index (χ1v) is 7.47. The topological polar surface area (TPSA) is 38.9 Å². The molecule has 2 aromatic carbocycles. The molecule has 0 atom stereocenters. The predicted octanol–water partition coefficient (Wildman–Crippen LogP) is 4.24. The molecule has 0 unspecified atom stereocenters. The largest absolute Gasteiger partial charge is 0.326 e. The Labute approximate surface area is 122 Å². The molecule has 0 saturated heterocycles. The molecule has 3 rings (SSSR count). The van der Waals surface area contributed by atoms with Crippen molar-refractivity contribution in [2.45, 2.75) is 13.5 Å². The molecule has 3 heteroatoms. The summed E-state index contributed by atoms with van der Waals surface area (Å²) in [5, 5.41) is 3.16. The van der Waals surface area contributed by atoms with E-state index in [1.165, 1.54) is 11.1 Å². The molecule has 0 aliphatic carbocycles. The maximum atomic E-state index is 5.70.